The van der Waals surface area contributed by atoms with Crippen LogP contribution in [0.3, 0.4) is 0 Å². The molecule has 0 saturated heterocycles. The Kier molecular flexibility index (Phi) is 3.27. The van der Waals surface area contributed by atoms with Gasteiger partial charge in [-0.25, -0.2) is 0 Å². The Hall–Kier alpha value is -0.540. The molecule has 0 radical (unpaired) electrons. The topological polar surface area (TPSA) is 35.2 Å². The molecule has 88 valence electrons. The van der Waals surface area contributed by atoms with Gasteiger partial charge in [-0.3, -0.25) is 0 Å². The lowest BCUT2D eigenvalue weighted by molar-refractivity contribution is 0.404. The van der Waals surface area contributed by atoms with Gasteiger partial charge in [-0.15, -0.1) is 0 Å². The van der Waals surface area contributed by atoms with Crippen LogP contribution in [0.4, 0.5) is 0 Å². The van der Waals surface area contributed by atoms with E-state index in [1.807, 2.05) is 6.07 Å². The molecular weight excluding hydrogens is 266 g/mol. The summed E-state index contributed by atoms with van der Waals surface area (Å²) in [5, 5.41) is 0. The highest BCUT2D eigenvalue weighted by molar-refractivity contribution is 9.10. The molecule has 16 heavy (non-hydrogen) atoms. The molecule has 2 N–H and O–H groups in total. The van der Waals surface area contributed by atoms with Gasteiger partial charge < -0.3 is 10.5 Å². The highest BCUT2D eigenvalue weighted by Crippen LogP contribution is 2.39. The van der Waals surface area contributed by atoms with Gasteiger partial charge in [0.15, 0.2) is 0 Å². The number of ether oxygens (including phenoxy) is 1. The second-order valence-electron chi connectivity index (χ2n) is 4.74. The van der Waals surface area contributed by atoms with Crippen molar-refractivity contribution in [3.8, 4) is 5.75 Å². The van der Waals surface area contributed by atoms with E-state index in [2.05, 4.69) is 28.9 Å². The average molecular weight is 284 g/mol. The second-order valence-corrected chi connectivity index (χ2v) is 5.59. The molecule has 0 aliphatic heterocycles. The molecule has 0 heterocycles. The minimum Gasteiger partial charge on any atom is -0.495 e. The third-order valence-electron chi connectivity index (χ3n) is 3.42. The van der Waals surface area contributed by atoms with Crippen LogP contribution in [-0.4, -0.2) is 12.6 Å². The van der Waals surface area contributed by atoms with E-state index in [1.165, 1.54) is 24.0 Å². The molecule has 2 rings (SSSR count). The summed E-state index contributed by atoms with van der Waals surface area (Å²) >= 11 is 3.52. The molecule has 0 spiro atoms. The summed E-state index contributed by atoms with van der Waals surface area (Å²) in [5.74, 6) is 0.962. The predicted molar refractivity (Wildman–Crippen MR) is 69.9 cm³/mol. The smallest absolute Gasteiger partial charge is 0.136 e. The molecule has 1 saturated carbocycles. The van der Waals surface area contributed by atoms with E-state index in [0.717, 1.165) is 23.1 Å². The summed E-state index contributed by atoms with van der Waals surface area (Å²) < 4.78 is 6.48. The van der Waals surface area contributed by atoms with Crippen LogP contribution in [0, 0.1) is 6.92 Å². The molecule has 2 nitrogen and oxygen atoms in total. The standard InChI is InChI=1S/C13H18BrNO/c1-9-3-4-11(14)12(16-2)10(9)5-6-13(15)7-8-13/h3-4H,5-8,15H2,1-2H3. The van der Waals surface area contributed by atoms with E-state index in [0.29, 0.717) is 0 Å². The maximum atomic E-state index is 6.12. The van der Waals surface area contributed by atoms with Crippen LogP contribution >= 0.6 is 15.9 Å². The fourth-order valence-corrected chi connectivity index (χ4v) is 2.55. The summed E-state index contributed by atoms with van der Waals surface area (Å²) in [6, 6.07) is 4.16. The Labute approximate surface area is 105 Å². The number of hydrogen-bond donors (Lipinski definition) is 1. The van der Waals surface area contributed by atoms with Crippen molar-refractivity contribution in [2.75, 3.05) is 7.11 Å². The normalized spacial score (nSPS) is 17.2. The van der Waals surface area contributed by atoms with Crippen LogP contribution in [0.15, 0.2) is 16.6 Å². The van der Waals surface area contributed by atoms with E-state index < -0.39 is 0 Å². The van der Waals surface area contributed by atoms with Crippen LogP contribution in [0.5, 0.6) is 5.75 Å². The van der Waals surface area contributed by atoms with E-state index >= 15 is 0 Å². The Morgan fingerprint density at radius 2 is 2.12 bits per heavy atom. The van der Waals surface area contributed by atoms with E-state index in [-0.39, 0.29) is 5.54 Å². The first-order valence-electron chi connectivity index (χ1n) is 5.66. The fourth-order valence-electron chi connectivity index (χ4n) is 2.01. The van der Waals surface area contributed by atoms with Crippen LogP contribution in [0.25, 0.3) is 0 Å². The predicted octanol–water partition coefficient (Wildman–Crippen LogP) is 3.19. The molecule has 0 aromatic heterocycles. The van der Waals surface area contributed by atoms with Crippen LogP contribution in [0.1, 0.15) is 30.4 Å². The Bertz CT molecular complexity index is 399. The van der Waals surface area contributed by atoms with Gasteiger partial charge in [0.2, 0.25) is 0 Å². The molecule has 1 aliphatic rings. The molecule has 1 aromatic carbocycles. The summed E-state index contributed by atoms with van der Waals surface area (Å²) in [5.41, 5.74) is 8.80. The Morgan fingerprint density at radius 1 is 1.44 bits per heavy atom. The monoisotopic (exact) mass is 283 g/mol. The molecule has 0 atom stereocenters. The number of rotatable bonds is 4. The lowest BCUT2D eigenvalue weighted by Gasteiger charge is -2.15. The molecule has 1 fully saturated rings. The van der Waals surface area contributed by atoms with Gasteiger partial charge in [0.25, 0.3) is 0 Å². The SMILES string of the molecule is COc1c(Br)ccc(C)c1CCC1(N)CC1. The highest BCUT2D eigenvalue weighted by Gasteiger charge is 2.37. The summed E-state index contributed by atoms with van der Waals surface area (Å²) in [4.78, 5) is 0. The number of benzene rings is 1. The van der Waals surface area contributed by atoms with Gasteiger partial charge in [-0.2, -0.15) is 0 Å². The lowest BCUT2D eigenvalue weighted by Crippen LogP contribution is -2.22. The van der Waals surface area contributed by atoms with Crippen molar-refractivity contribution < 1.29 is 4.74 Å². The molecule has 1 aromatic rings. The van der Waals surface area contributed by atoms with Gasteiger partial charge in [-0.05, 0) is 65.7 Å². The summed E-state index contributed by atoms with van der Waals surface area (Å²) in [6.45, 7) is 2.13. The van der Waals surface area contributed by atoms with Gasteiger partial charge in [0.1, 0.15) is 5.75 Å². The summed E-state index contributed by atoms with van der Waals surface area (Å²) in [7, 11) is 1.72. The van der Waals surface area contributed by atoms with Gasteiger partial charge in [0.05, 0.1) is 11.6 Å². The van der Waals surface area contributed by atoms with Crippen molar-refractivity contribution in [2.24, 2.45) is 5.73 Å². The van der Waals surface area contributed by atoms with Gasteiger partial charge in [-0.1, -0.05) is 6.07 Å². The maximum Gasteiger partial charge on any atom is 0.136 e. The maximum absolute atomic E-state index is 6.12. The van der Waals surface area contributed by atoms with Crippen LogP contribution in [-0.2, 0) is 6.42 Å². The zero-order valence-corrected chi connectivity index (χ0v) is 11.4. The van der Waals surface area contributed by atoms with E-state index in [9.17, 15) is 0 Å². The van der Waals surface area contributed by atoms with Crippen LogP contribution < -0.4 is 10.5 Å². The van der Waals surface area contributed by atoms with Crippen molar-refractivity contribution in [1.82, 2.24) is 0 Å². The van der Waals surface area contributed by atoms with Crippen molar-refractivity contribution in [3.05, 3.63) is 27.7 Å². The van der Waals surface area contributed by atoms with Crippen molar-refractivity contribution in [1.29, 1.82) is 0 Å². The largest absolute Gasteiger partial charge is 0.495 e. The first-order valence-corrected chi connectivity index (χ1v) is 6.46. The highest BCUT2D eigenvalue weighted by atomic mass is 79.9. The third kappa shape index (κ3) is 2.41. The van der Waals surface area contributed by atoms with Gasteiger partial charge >= 0.3 is 0 Å². The van der Waals surface area contributed by atoms with Crippen molar-refractivity contribution in [2.45, 2.75) is 38.1 Å². The van der Waals surface area contributed by atoms with Gasteiger partial charge in [0, 0.05) is 5.54 Å². The number of methoxy groups -OCH3 is 1. The minimum atomic E-state index is 0.111. The molecule has 1 aliphatic carbocycles. The lowest BCUT2D eigenvalue weighted by atomic mass is 9.99. The molecule has 0 unspecified atom stereocenters. The number of hydrogen-bond acceptors (Lipinski definition) is 2. The zero-order valence-electron chi connectivity index (χ0n) is 9.85. The fraction of sp³-hybridized carbons (Fsp3) is 0.538. The molecular formula is C13H18BrNO. The third-order valence-corrected chi connectivity index (χ3v) is 4.04. The minimum absolute atomic E-state index is 0.111. The molecule has 0 bridgehead atoms. The number of halogens is 1. The second kappa shape index (κ2) is 4.38. The molecule has 0 amide bonds. The average Bonchev–Trinajstić information content (AvgIpc) is 2.98. The Balaban J connectivity index is 2.20. The quantitative estimate of drug-likeness (QED) is 0.921. The van der Waals surface area contributed by atoms with Crippen LogP contribution in [0.2, 0.25) is 0 Å². The number of nitrogens with two attached hydrogens (primary N) is 1. The zero-order chi connectivity index (χ0) is 11.8. The Morgan fingerprint density at radius 3 is 2.69 bits per heavy atom. The number of aryl methyl sites for hydroxylation is 1. The van der Waals surface area contributed by atoms with E-state index in [4.69, 9.17) is 10.5 Å². The first kappa shape index (κ1) is 11.9. The van der Waals surface area contributed by atoms with Crippen molar-refractivity contribution in [3.63, 3.8) is 0 Å². The molecule has 3 heteroatoms. The van der Waals surface area contributed by atoms with Crippen molar-refractivity contribution >= 4 is 15.9 Å². The first-order chi connectivity index (χ1) is 7.56. The van der Waals surface area contributed by atoms with E-state index in [1.54, 1.807) is 7.11 Å². The summed E-state index contributed by atoms with van der Waals surface area (Å²) in [6.07, 6.45) is 4.40.